The van der Waals surface area contributed by atoms with E-state index in [1.54, 1.807) is 30.3 Å². The molecule has 0 atom stereocenters. The number of nitrogens with zero attached hydrogens (tertiary/aromatic N) is 1. The van der Waals surface area contributed by atoms with Gasteiger partial charge in [0, 0.05) is 7.05 Å². The molecule has 0 saturated carbocycles. The van der Waals surface area contributed by atoms with Crippen LogP contribution in [-0.4, -0.2) is 28.9 Å². The molecular weight excluding hydrogens is 523 g/mol. The van der Waals surface area contributed by atoms with E-state index in [1.165, 1.54) is 18.0 Å². The van der Waals surface area contributed by atoms with E-state index in [1.807, 2.05) is 0 Å². The molecule has 150 valence electrons. The van der Waals surface area contributed by atoms with E-state index < -0.39 is 11.8 Å². The summed E-state index contributed by atoms with van der Waals surface area (Å²) in [5.41, 5.74) is 1.31. The van der Waals surface area contributed by atoms with Gasteiger partial charge in [-0.15, -0.1) is 0 Å². The Balaban J connectivity index is 1.83. The zero-order valence-corrected chi connectivity index (χ0v) is 19.4. The Kier molecular flexibility index (Phi) is 6.86. The van der Waals surface area contributed by atoms with Crippen molar-refractivity contribution < 1.29 is 14.3 Å². The van der Waals surface area contributed by atoms with Crippen LogP contribution in [0.4, 0.5) is 0 Å². The average Bonchev–Trinajstić information content (AvgIpc) is 2.65. The van der Waals surface area contributed by atoms with Gasteiger partial charge < -0.3 is 4.74 Å². The highest BCUT2D eigenvalue weighted by atomic mass is 79.9. The second-order valence-corrected chi connectivity index (χ2v) is 8.49. The molecule has 2 amide bonds. The summed E-state index contributed by atoms with van der Waals surface area (Å²) in [5, 5.41) is 3.71. The van der Waals surface area contributed by atoms with Crippen molar-refractivity contribution in [1.29, 1.82) is 0 Å². The molecule has 5 nitrogen and oxygen atoms in total. The molecule has 0 aromatic heterocycles. The number of rotatable bonds is 4. The second kappa shape index (κ2) is 9.02. The Hall–Kier alpha value is -1.64. The van der Waals surface area contributed by atoms with Gasteiger partial charge in [0.05, 0.1) is 19.5 Å². The van der Waals surface area contributed by atoms with Crippen molar-refractivity contribution in [3.8, 4) is 5.75 Å². The van der Waals surface area contributed by atoms with Crippen LogP contribution in [0.25, 0.3) is 6.08 Å². The predicted octanol–water partition coefficient (Wildman–Crippen LogP) is 5.24. The Morgan fingerprint density at radius 2 is 1.86 bits per heavy atom. The summed E-state index contributed by atoms with van der Waals surface area (Å²) in [6.45, 7) is 0.221. The monoisotopic (exact) mass is 532 g/mol. The number of nitrogens with one attached hydrogen (secondary N) is 1. The topological polar surface area (TPSA) is 58.6 Å². The first kappa shape index (κ1) is 22.1. The summed E-state index contributed by atoms with van der Waals surface area (Å²) in [6.07, 6.45) is 1.44. The van der Waals surface area contributed by atoms with E-state index in [-0.39, 0.29) is 17.3 Å². The van der Waals surface area contributed by atoms with Crippen LogP contribution in [0.3, 0.4) is 0 Å². The van der Waals surface area contributed by atoms with Gasteiger partial charge >= 0.3 is 0 Å². The van der Waals surface area contributed by atoms with E-state index >= 15 is 0 Å². The molecule has 0 bridgehead atoms. The first-order chi connectivity index (χ1) is 13.7. The molecular formula is C19H12BrCl3N2O3S. The number of hydrogen-bond acceptors (Lipinski definition) is 4. The molecule has 1 aliphatic heterocycles. The summed E-state index contributed by atoms with van der Waals surface area (Å²) >= 11 is 26.6. The molecule has 1 fully saturated rings. The first-order valence-corrected chi connectivity index (χ1v) is 10.4. The fraction of sp³-hybridized carbons (Fsp3) is 0.105. The minimum atomic E-state index is -0.565. The van der Waals surface area contributed by atoms with Crippen molar-refractivity contribution in [3.63, 3.8) is 0 Å². The Labute approximate surface area is 195 Å². The SMILES string of the molecule is CN1C(=O)/C(=C/c2cc(Cl)c(OCc3ccc(Cl)c(Cl)c3)c(Br)c2)C(=O)NC1=S. The van der Waals surface area contributed by atoms with Crippen LogP contribution in [0.15, 0.2) is 40.4 Å². The van der Waals surface area contributed by atoms with Crippen molar-refractivity contribution in [2.75, 3.05) is 7.05 Å². The smallest absolute Gasteiger partial charge is 0.265 e. The lowest BCUT2D eigenvalue weighted by Crippen LogP contribution is -2.52. The summed E-state index contributed by atoms with van der Waals surface area (Å²) in [4.78, 5) is 25.6. The van der Waals surface area contributed by atoms with E-state index in [2.05, 4.69) is 21.2 Å². The average molecular weight is 535 g/mol. The highest BCUT2D eigenvalue weighted by Crippen LogP contribution is 2.36. The van der Waals surface area contributed by atoms with Crippen molar-refractivity contribution in [1.82, 2.24) is 10.2 Å². The van der Waals surface area contributed by atoms with Crippen molar-refractivity contribution in [3.05, 3.63) is 66.6 Å². The third kappa shape index (κ3) is 4.92. The third-order valence-electron chi connectivity index (χ3n) is 4.00. The largest absolute Gasteiger partial charge is 0.486 e. The number of likely N-dealkylation sites (N-methyl/N-ethyl adjacent to an activating group) is 1. The molecule has 1 N–H and O–H groups in total. The van der Waals surface area contributed by atoms with Crippen LogP contribution in [0.2, 0.25) is 15.1 Å². The van der Waals surface area contributed by atoms with Gasteiger partial charge in [-0.1, -0.05) is 40.9 Å². The molecule has 29 heavy (non-hydrogen) atoms. The minimum Gasteiger partial charge on any atom is -0.486 e. The number of ether oxygens (including phenoxy) is 1. The maximum absolute atomic E-state index is 12.3. The van der Waals surface area contributed by atoms with Crippen LogP contribution in [0.5, 0.6) is 5.75 Å². The zero-order valence-electron chi connectivity index (χ0n) is 14.8. The fourth-order valence-corrected chi connectivity index (χ4v) is 3.98. The predicted molar refractivity (Wildman–Crippen MR) is 121 cm³/mol. The molecule has 0 radical (unpaired) electrons. The fourth-order valence-electron chi connectivity index (χ4n) is 2.50. The number of thiocarbonyl (C=S) groups is 1. The molecule has 0 aliphatic carbocycles. The molecule has 1 saturated heterocycles. The third-order valence-corrected chi connectivity index (χ3v) is 5.99. The molecule has 2 aromatic carbocycles. The Morgan fingerprint density at radius 3 is 2.52 bits per heavy atom. The molecule has 0 spiro atoms. The Bertz CT molecular complexity index is 1050. The molecule has 10 heteroatoms. The summed E-state index contributed by atoms with van der Waals surface area (Å²) in [6, 6.07) is 8.47. The maximum Gasteiger partial charge on any atom is 0.265 e. The highest BCUT2D eigenvalue weighted by molar-refractivity contribution is 9.10. The van der Waals surface area contributed by atoms with E-state index in [4.69, 9.17) is 51.8 Å². The van der Waals surface area contributed by atoms with E-state index in [0.29, 0.717) is 30.9 Å². The zero-order chi connectivity index (χ0) is 21.3. The van der Waals surface area contributed by atoms with Gasteiger partial charge in [-0.05, 0) is 69.6 Å². The standard InChI is InChI=1S/C19H12BrCl3N2O3S/c1-25-18(27)11(17(26)24-19(25)29)4-10-5-12(20)16(15(23)7-10)28-8-9-2-3-13(21)14(22)6-9/h2-7H,8H2,1H3,(H,24,26,29)/b11-4+. The van der Waals surface area contributed by atoms with Crippen LogP contribution in [0.1, 0.15) is 11.1 Å². The van der Waals surface area contributed by atoms with Gasteiger partial charge in [0.2, 0.25) is 0 Å². The lowest BCUT2D eigenvalue weighted by molar-refractivity contribution is -0.128. The Morgan fingerprint density at radius 1 is 1.14 bits per heavy atom. The number of carbonyl (C=O) groups excluding carboxylic acids is 2. The molecule has 0 unspecified atom stereocenters. The van der Waals surface area contributed by atoms with Crippen molar-refractivity contribution in [2.24, 2.45) is 0 Å². The normalized spacial score (nSPS) is 15.7. The van der Waals surface area contributed by atoms with Gasteiger partial charge in [-0.2, -0.15) is 0 Å². The van der Waals surface area contributed by atoms with Crippen LogP contribution in [0, 0.1) is 0 Å². The minimum absolute atomic E-state index is 0.0476. The molecule has 2 aromatic rings. The van der Waals surface area contributed by atoms with E-state index in [0.717, 1.165) is 5.56 Å². The highest BCUT2D eigenvalue weighted by Gasteiger charge is 2.30. The van der Waals surface area contributed by atoms with Crippen LogP contribution in [-0.2, 0) is 16.2 Å². The maximum atomic E-state index is 12.3. The van der Waals surface area contributed by atoms with Gasteiger partial charge in [0.1, 0.15) is 12.2 Å². The number of carbonyl (C=O) groups is 2. The van der Waals surface area contributed by atoms with Crippen molar-refractivity contribution in [2.45, 2.75) is 6.61 Å². The summed E-state index contributed by atoms with van der Waals surface area (Å²) < 4.78 is 6.35. The van der Waals surface area contributed by atoms with Crippen LogP contribution >= 0.6 is 63.0 Å². The molecule has 1 aliphatic rings. The van der Waals surface area contributed by atoms with Gasteiger partial charge in [0.25, 0.3) is 11.8 Å². The number of halogens is 4. The lowest BCUT2D eigenvalue weighted by Gasteiger charge is -2.25. The number of benzene rings is 2. The molecule has 3 rings (SSSR count). The number of amides is 2. The van der Waals surface area contributed by atoms with Gasteiger partial charge in [0.15, 0.2) is 10.9 Å². The van der Waals surface area contributed by atoms with E-state index in [9.17, 15) is 9.59 Å². The van der Waals surface area contributed by atoms with Crippen LogP contribution < -0.4 is 10.1 Å². The summed E-state index contributed by atoms with van der Waals surface area (Å²) in [7, 11) is 1.49. The quantitative estimate of drug-likeness (QED) is 0.331. The lowest BCUT2D eigenvalue weighted by atomic mass is 10.1. The molecule has 1 heterocycles. The first-order valence-electron chi connectivity index (χ1n) is 8.08. The van der Waals surface area contributed by atoms with Gasteiger partial charge in [-0.3, -0.25) is 19.8 Å². The van der Waals surface area contributed by atoms with Gasteiger partial charge in [-0.25, -0.2) is 0 Å². The second-order valence-electron chi connectivity index (χ2n) is 6.03. The summed E-state index contributed by atoms with van der Waals surface area (Å²) in [5.74, 6) is -0.645. The number of hydrogen-bond donors (Lipinski definition) is 1. The van der Waals surface area contributed by atoms with Crippen molar-refractivity contribution >= 4 is 86.0 Å².